The standard InChI is InChI=1S/C15H15NO/c1-2-4-14-12(3-1)13-6-5-10-9-16-8-7-11(10)15(13)17-14/h5-9,12,14H,1-4H2/t12-,14-/m0/s1. The van der Waals surface area contributed by atoms with Gasteiger partial charge in [-0.15, -0.1) is 0 Å². The van der Waals surface area contributed by atoms with Crippen LogP contribution in [0.4, 0.5) is 0 Å². The van der Waals surface area contributed by atoms with Crippen LogP contribution in [0.25, 0.3) is 10.8 Å². The molecule has 2 aromatic rings. The number of fused-ring (bicyclic) bond motifs is 5. The van der Waals surface area contributed by atoms with Crippen molar-refractivity contribution in [3.05, 3.63) is 36.2 Å². The number of nitrogens with zero attached hydrogens (tertiary/aromatic N) is 1. The van der Waals surface area contributed by atoms with E-state index >= 15 is 0 Å². The third-order valence-corrected chi connectivity index (χ3v) is 4.17. The summed E-state index contributed by atoms with van der Waals surface area (Å²) < 4.78 is 6.20. The molecule has 1 aromatic carbocycles. The van der Waals surface area contributed by atoms with Crippen LogP contribution in [0.3, 0.4) is 0 Å². The molecule has 1 fully saturated rings. The van der Waals surface area contributed by atoms with Gasteiger partial charge in [0.15, 0.2) is 0 Å². The Balaban J connectivity index is 1.93. The predicted octanol–water partition coefficient (Wildman–Crippen LogP) is 3.65. The fourth-order valence-electron chi connectivity index (χ4n) is 3.33. The van der Waals surface area contributed by atoms with Crippen molar-refractivity contribution in [2.45, 2.75) is 37.7 Å². The molecule has 0 amide bonds. The Kier molecular flexibility index (Phi) is 1.92. The zero-order chi connectivity index (χ0) is 11.2. The van der Waals surface area contributed by atoms with Crippen LogP contribution in [-0.4, -0.2) is 11.1 Å². The molecule has 17 heavy (non-hydrogen) atoms. The monoisotopic (exact) mass is 225 g/mol. The molecular weight excluding hydrogens is 210 g/mol. The topological polar surface area (TPSA) is 22.1 Å². The Morgan fingerprint density at radius 3 is 3.06 bits per heavy atom. The fourth-order valence-corrected chi connectivity index (χ4v) is 3.33. The smallest absolute Gasteiger partial charge is 0.131 e. The molecule has 1 aliphatic heterocycles. The summed E-state index contributed by atoms with van der Waals surface area (Å²) in [6.07, 6.45) is 9.36. The normalized spacial score (nSPS) is 26.4. The average molecular weight is 225 g/mol. The molecule has 2 atom stereocenters. The lowest BCUT2D eigenvalue weighted by Gasteiger charge is -2.23. The maximum Gasteiger partial charge on any atom is 0.131 e. The van der Waals surface area contributed by atoms with Crippen LogP contribution in [0.1, 0.15) is 37.2 Å². The molecule has 0 saturated heterocycles. The van der Waals surface area contributed by atoms with Crippen molar-refractivity contribution in [2.24, 2.45) is 0 Å². The highest BCUT2D eigenvalue weighted by atomic mass is 16.5. The van der Waals surface area contributed by atoms with Gasteiger partial charge in [-0.1, -0.05) is 18.6 Å². The largest absolute Gasteiger partial charge is 0.489 e. The number of benzene rings is 1. The molecule has 2 nitrogen and oxygen atoms in total. The average Bonchev–Trinajstić information content (AvgIpc) is 2.78. The Morgan fingerprint density at radius 1 is 1.12 bits per heavy atom. The fraction of sp³-hybridized carbons (Fsp3) is 0.400. The summed E-state index contributed by atoms with van der Waals surface area (Å²) in [7, 11) is 0. The van der Waals surface area contributed by atoms with E-state index in [1.165, 1.54) is 42.0 Å². The van der Waals surface area contributed by atoms with Gasteiger partial charge in [-0.2, -0.15) is 0 Å². The van der Waals surface area contributed by atoms with E-state index in [9.17, 15) is 0 Å². The minimum Gasteiger partial charge on any atom is -0.489 e. The second-order valence-electron chi connectivity index (χ2n) is 5.13. The Morgan fingerprint density at radius 2 is 2.06 bits per heavy atom. The summed E-state index contributed by atoms with van der Waals surface area (Å²) >= 11 is 0. The first-order valence-electron chi connectivity index (χ1n) is 6.47. The van der Waals surface area contributed by atoms with Gasteiger partial charge in [-0.25, -0.2) is 0 Å². The summed E-state index contributed by atoms with van der Waals surface area (Å²) in [4.78, 5) is 4.17. The summed E-state index contributed by atoms with van der Waals surface area (Å²) in [6.45, 7) is 0. The third kappa shape index (κ3) is 1.30. The van der Waals surface area contributed by atoms with Crippen LogP contribution >= 0.6 is 0 Å². The highest BCUT2D eigenvalue weighted by Crippen LogP contribution is 2.48. The first kappa shape index (κ1) is 9.46. The minimum atomic E-state index is 0.428. The summed E-state index contributed by atoms with van der Waals surface area (Å²) in [6, 6.07) is 6.50. The number of hydrogen-bond acceptors (Lipinski definition) is 2. The zero-order valence-electron chi connectivity index (χ0n) is 9.73. The molecule has 1 saturated carbocycles. The highest BCUT2D eigenvalue weighted by molar-refractivity contribution is 5.89. The first-order valence-corrected chi connectivity index (χ1v) is 6.47. The molecule has 1 aliphatic carbocycles. The van der Waals surface area contributed by atoms with E-state index < -0.39 is 0 Å². The van der Waals surface area contributed by atoms with E-state index in [1.807, 2.05) is 12.4 Å². The molecule has 2 heteroatoms. The molecule has 4 rings (SSSR count). The van der Waals surface area contributed by atoms with Gasteiger partial charge in [0.25, 0.3) is 0 Å². The highest BCUT2D eigenvalue weighted by Gasteiger charge is 2.36. The molecule has 86 valence electrons. The predicted molar refractivity (Wildman–Crippen MR) is 67.4 cm³/mol. The lowest BCUT2D eigenvalue weighted by Crippen LogP contribution is -2.22. The van der Waals surface area contributed by atoms with Crippen LogP contribution < -0.4 is 4.74 Å². The van der Waals surface area contributed by atoms with Crippen molar-refractivity contribution in [1.29, 1.82) is 0 Å². The van der Waals surface area contributed by atoms with Crippen molar-refractivity contribution in [3.8, 4) is 5.75 Å². The van der Waals surface area contributed by atoms with Crippen molar-refractivity contribution >= 4 is 10.8 Å². The van der Waals surface area contributed by atoms with Crippen molar-refractivity contribution in [2.75, 3.05) is 0 Å². The number of aromatic nitrogens is 1. The molecule has 2 heterocycles. The maximum absolute atomic E-state index is 6.20. The van der Waals surface area contributed by atoms with Gasteiger partial charge in [-0.05, 0) is 25.3 Å². The number of rotatable bonds is 0. The Labute approximate surface area is 101 Å². The Bertz CT molecular complexity index is 578. The summed E-state index contributed by atoms with van der Waals surface area (Å²) in [5.41, 5.74) is 1.42. The van der Waals surface area contributed by atoms with Gasteiger partial charge in [0.05, 0.1) is 0 Å². The van der Waals surface area contributed by atoms with Crippen LogP contribution in [-0.2, 0) is 0 Å². The van der Waals surface area contributed by atoms with Crippen LogP contribution in [0.5, 0.6) is 5.75 Å². The summed E-state index contributed by atoms with van der Waals surface area (Å²) in [5, 5.41) is 2.41. The first-order chi connectivity index (χ1) is 8.43. The van der Waals surface area contributed by atoms with Gasteiger partial charge in [0.1, 0.15) is 11.9 Å². The number of hydrogen-bond donors (Lipinski definition) is 0. The molecule has 0 spiro atoms. The van der Waals surface area contributed by atoms with Crippen molar-refractivity contribution in [3.63, 3.8) is 0 Å². The van der Waals surface area contributed by atoms with E-state index in [0.29, 0.717) is 12.0 Å². The second kappa shape index (κ2) is 3.46. The molecule has 0 N–H and O–H groups in total. The van der Waals surface area contributed by atoms with E-state index in [4.69, 9.17) is 4.74 Å². The van der Waals surface area contributed by atoms with E-state index in [-0.39, 0.29) is 0 Å². The van der Waals surface area contributed by atoms with Gasteiger partial charge in [0.2, 0.25) is 0 Å². The van der Waals surface area contributed by atoms with Crippen LogP contribution in [0.15, 0.2) is 30.6 Å². The minimum absolute atomic E-state index is 0.428. The lowest BCUT2D eigenvalue weighted by atomic mass is 9.83. The number of pyridine rings is 1. The maximum atomic E-state index is 6.20. The number of ether oxygens (including phenoxy) is 1. The van der Waals surface area contributed by atoms with Gasteiger partial charge < -0.3 is 4.74 Å². The molecular formula is C15H15NO. The summed E-state index contributed by atoms with van der Waals surface area (Å²) in [5.74, 6) is 1.76. The third-order valence-electron chi connectivity index (χ3n) is 4.17. The lowest BCUT2D eigenvalue weighted by molar-refractivity contribution is 0.165. The van der Waals surface area contributed by atoms with Gasteiger partial charge >= 0.3 is 0 Å². The van der Waals surface area contributed by atoms with Crippen LogP contribution in [0, 0.1) is 0 Å². The van der Waals surface area contributed by atoms with Gasteiger partial charge in [-0.3, -0.25) is 4.98 Å². The SMILES string of the molecule is c1cc2c3c(ccc2cn1)[C@@H]1CCCC[C@@H]1O3. The Hall–Kier alpha value is -1.57. The second-order valence-corrected chi connectivity index (χ2v) is 5.13. The molecule has 0 bridgehead atoms. The molecule has 1 aromatic heterocycles. The van der Waals surface area contributed by atoms with E-state index in [2.05, 4.69) is 23.2 Å². The molecule has 0 radical (unpaired) electrons. The van der Waals surface area contributed by atoms with Gasteiger partial charge in [0, 0.05) is 34.6 Å². The molecule has 0 unspecified atom stereocenters. The quantitative estimate of drug-likeness (QED) is 0.682. The zero-order valence-corrected chi connectivity index (χ0v) is 9.73. The van der Waals surface area contributed by atoms with Crippen molar-refractivity contribution in [1.82, 2.24) is 4.98 Å². The molecule has 2 aliphatic rings. The van der Waals surface area contributed by atoms with Crippen molar-refractivity contribution < 1.29 is 4.74 Å². The van der Waals surface area contributed by atoms with E-state index in [0.717, 1.165) is 5.75 Å². The van der Waals surface area contributed by atoms with Crippen LogP contribution in [0.2, 0.25) is 0 Å². The van der Waals surface area contributed by atoms with E-state index in [1.54, 1.807) is 0 Å².